The van der Waals surface area contributed by atoms with Crippen molar-refractivity contribution in [1.82, 2.24) is 4.98 Å². The van der Waals surface area contributed by atoms with Gasteiger partial charge in [0, 0.05) is 7.05 Å². The number of anilines is 1. The van der Waals surface area contributed by atoms with Crippen molar-refractivity contribution in [2.45, 2.75) is 0 Å². The fourth-order valence-corrected chi connectivity index (χ4v) is 2.33. The summed E-state index contributed by atoms with van der Waals surface area (Å²) in [4.78, 5) is 4.36. The zero-order valence-electron chi connectivity index (χ0n) is 7.80. The van der Waals surface area contributed by atoms with Crippen LogP contribution < -0.4 is 10.1 Å². The monoisotopic (exact) mass is 228 g/mol. The second kappa shape index (κ2) is 3.63. The van der Waals surface area contributed by atoms with Crippen LogP contribution in [0.3, 0.4) is 0 Å². The Morgan fingerprint density at radius 1 is 1.50 bits per heavy atom. The van der Waals surface area contributed by atoms with Gasteiger partial charge >= 0.3 is 0 Å². The normalized spacial score (nSPS) is 10.5. The lowest BCUT2D eigenvalue weighted by Gasteiger charge is -1.99. The molecule has 5 heteroatoms. The van der Waals surface area contributed by atoms with Gasteiger partial charge in [0.1, 0.15) is 11.3 Å². The molecule has 0 atom stereocenters. The lowest BCUT2D eigenvalue weighted by Crippen LogP contribution is -1.86. The van der Waals surface area contributed by atoms with E-state index in [0.717, 1.165) is 21.1 Å². The van der Waals surface area contributed by atoms with Crippen LogP contribution in [0.1, 0.15) is 0 Å². The highest BCUT2D eigenvalue weighted by Gasteiger charge is 2.10. The highest BCUT2D eigenvalue weighted by atomic mass is 35.5. The van der Waals surface area contributed by atoms with Crippen LogP contribution in [0.15, 0.2) is 12.1 Å². The zero-order chi connectivity index (χ0) is 10.1. The zero-order valence-corrected chi connectivity index (χ0v) is 9.37. The summed E-state index contributed by atoms with van der Waals surface area (Å²) >= 11 is 7.56. The summed E-state index contributed by atoms with van der Waals surface area (Å²) in [5, 5.41) is 4.54. The first-order chi connectivity index (χ1) is 6.76. The molecular weight excluding hydrogens is 220 g/mol. The van der Waals surface area contributed by atoms with E-state index in [-0.39, 0.29) is 0 Å². The average molecular weight is 229 g/mol. The molecule has 1 aromatic carbocycles. The third-order valence-corrected chi connectivity index (χ3v) is 3.43. The maximum Gasteiger partial charge on any atom is 0.183 e. The Morgan fingerprint density at radius 3 is 2.93 bits per heavy atom. The van der Waals surface area contributed by atoms with Gasteiger partial charge < -0.3 is 10.1 Å². The van der Waals surface area contributed by atoms with E-state index in [4.69, 9.17) is 16.3 Å². The fraction of sp³-hybridized carbons (Fsp3) is 0.222. The minimum Gasteiger partial charge on any atom is -0.494 e. The standard InChI is InChI=1S/C9H9ClN2OS/c1-11-9-12-7-6(13-2)4-3-5(10)8(7)14-9/h3-4H,1-2H3,(H,11,12). The molecule has 2 aromatic rings. The molecule has 0 bridgehead atoms. The molecule has 2 rings (SSSR count). The third kappa shape index (κ3) is 1.40. The molecule has 1 heterocycles. The van der Waals surface area contributed by atoms with E-state index in [0.29, 0.717) is 5.02 Å². The molecule has 0 saturated heterocycles. The van der Waals surface area contributed by atoms with Gasteiger partial charge in [0.2, 0.25) is 0 Å². The highest BCUT2D eigenvalue weighted by molar-refractivity contribution is 7.22. The number of aromatic nitrogens is 1. The van der Waals surface area contributed by atoms with E-state index < -0.39 is 0 Å². The summed E-state index contributed by atoms with van der Waals surface area (Å²) < 4.78 is 6.15. The number of rotatable bonds is 2. The molecular formula is C9H9ClN2OS. The molecule has 0 aliphatic heterocycles. The minimum absolute atomic E-state index is 0.708. The highest BCUT2D eigenvalue weighted by Crippen LogP contribution is 2.36. The van der Waals surface area contributed by atoms with Gasteiger partial charge in [0.05, 0.1) is 16.8 Å². The number of hydrogen-bond donors (Lipinski definition) is 1. The predicted octanol–water partition coefficient (Wildman–Crippen LogP) is 3.00. The number of benzene rings is 1. The molecule has 0 aliphatic rings. The molecule has 1 aromatic heterocycles. The maximum absolute atomic E-state index is 6.04. The SMILES string of the molecule is CNc1nc2c(OC)ccc(Cl)c2s1. The summed E-state index contributed by atoms with van der Waals surface area (Å²) in [7, 11) is 3.46. The molecule has 0 unspecified atom stereocenters. The summed E-state index contributed by atoms with van der Waals surface area (Å²) in [5.41, 5.74) is 0.814. The molecule has 0 fully saturated rings. The topological polar surface area (TPSA) is 34.2 Å². The quantitative estimate of drug-likeness (QED) is 0.858. The van der Waals surface area contributed by atoms with E-state index in [1.807, 2.05) is 19.2 Å². The summed E-state index contributed by atoms with van der Waals surface area (Å²) in [6.07, 6.45) is 0. The van der Waals surface area contributed by atoms with Crippen LogP contribution in [0.5, 0.6) is 5.75 Å². The molecule has 0 radical (unpaired) electrons. The molecule has 0 aliphatic carbocycles. The van der Waals surface area contributed by atoms with Crippen molar-refractivity contribution in [3.8, 4) is 5.75 Å². The van der Waals surface area contributed by atoms with Crippen LogP contribution in [0.25, 0.3) is 10.2 Å². The molecule has 0 spiro atoms. The molecule has 0 saturated carbocycles. The Kier molecular flexibility index (Phi) is 2.48. The first-order valence-corrected chi connectivity index (χ1v) is 5.26. The van der Waals surface area contributed by atoms with Gasteiger partial charge in [-0.1, -0.05) is 22.9 Å². The number of nitrogens with zero attached hydrogens (tertiary/aromatic N) is 1. The predicted molar refractivity (Wildman–Crippen MR) is 60.7 cm³/mol. The van der Waals surface area contributed by atoms with Gasteiger partial charge in [-0.25, -0.2) is 4.98 Å². The Hall–Kier alpha value is -1.000. The molecule has 14 heavy (non-hydrogen) atoms. The fourth-order valence-electron chi connectivity index (χ4n) is 1.22. The second-order valence-electron chi connectivity index (χ2n) is 2.70. The number of ether oxygens (including phenoxy) is 1. The largest absolute Gasteiger partial charge is 0.494 e. The Bertz CT molecular complexity index is 469. The number of halogens is 1. The molecule has 3 nitrogen and oxygen atoms in total. The second-order valence-corrected chi connectivity index (χ2v) is 4.10. The van der Waals surface area contributed by atoms with Gasteiger partial charge in [-0.2, -0.15) is 0 Å². The maximum atomic E-state index is 6.04. The van der Waals surface area contributed by atoms with Gasteiger partial charge in [0.15, 0.2) is 5.13 Å². The number of nitrogens with one attached hydrogen (secondary N) is 1. The Labute approximate surface area is 90.7 Å². The van der Waals surface area contributed by atoms with Gasteiger partial charge in [0.25, 0.3) is 0 Å². The Balaban J connectivity index is 2.74. The molecule has 74 valence electrons. The van der Waals surface area contributed by atoms with Crippen molar-refractivity contribution in [3.05, 3.63) is 17.2 Å². The van der Waals surface area contributed by atoms with Crippen LogP contribution in [0.2, 0.25) is 5.02 Å². The summed E-state index contributed by atoms with van der Waals surface area (Å²) in [6.45, 7) is 0. The van der Waals surface area contributed by atoms with Crippen LogP contribution >= 0.6 is 22.9 Å². The lowest BCUT2D eigenvalue weighted by molar-refractivity contribution is 0.419. The first-order valence-electron chi connectivity index (χ1n) is 4.07. The lowest BCUT2D eigenvalue weighted by atomic mass is 10.3. The van der Waals surface area contributed by atoms with Gasteiger partial charge in [-0.05, 0) is 12.1 Å². The molecule has 1 N–H and O–H groups in total. The minimum atomic E-state index is 0.708. The first kappa shape index (κ1) is 9.55. The van der Waals surface area contributed by atoms with Crippen molar-refractivity contribution in [1.29, 1.82) is 0 Å². The number of hydrogen-bond acceptors (Lipinski definition) is 4. The summed E-state index contributed by atoms with van der Waals surface area (Å²) in [6, 6.07) is 3.64. The van der Waals surface area contributed by atoms with Crippen LogP contribution in [0.4, 0.5) is 5.13 Å². The van der Waals surface area contributed by atoms with Crippen LogP contribution in [0, 0.1) is 0 Å². The van der Waals surface area contributed by atoms with Gasteiger partial charge in [-0.15, -0.1) is 0 Å². The Morgan fingerprint density at radius 2 is 2.29 bits per heavy atom. The number of methoxy groups -OCH3 is 1. The number of fused-ring (bicyclic) bond motifs is 1. The van der Waals surface area contributed by atoms with Crippen LogP contribution in [-0.2, 0) is 0 Å². The van der Waals surface area contributed by atoms with Gasteiger partial charge in [-0.3, -0.25) is 0 Å². The van der Waals surface area contributed by atoms with E-state index in [9.17, 15) is 0 Å². The molecule has 0 amide bonds. The van der Waals surface area contributed by atoms with E-state index in [1.54, 1.807) is 7.11 Å². The van der Waals surface area contributed by atoms with Crippen molar-refractivity contribution < 1.29 is 4.74 Å². The third-order valence-electron chi connectivity index (χ3n) is 1.89. The van der Waals surface area contributed by atoms with Crippen molar-refractivity contribution in [3.63, 3.8) is 0 Å². The van der Waals surface area contributed by atoms with Crippen molar-refractivity contribution in [2.24, 2.45) is 0 Å². The summed E-state index contributed by atoms with van der Waals surface area (Å²) in [5.74, 6) is 0.752. The van der Waals surface area contributed by atoms with E-state index in [1.165, 1.54) is 11.3 Å². The average Bonchev–Trinajstić information content (AvgIpc) is 2.63. The van der Waals surface area contributed by atoms with Crippen molar-refractivity contribution >= 4 is 38.3 Å². The number of thiazole rings is 1. The van der Waals surface area contributed by atoms with Crippen LogP contribution in [-0.4, -0.2) is 19.1 Å². The van der Waals surface area contributed by atoms with E-state index in [2.05, 4.69) is 10.3 Å². The van der Waals surface area contributed by atoms with Crippen molar-refractivity contribution in [2.75, 3.05) is 19.5 Å². The smallest absolute Gasteiger partial charge is 0.183 e. The van der Waals surface area contributed by atoms with E-state index >= 15 is 0 Å².